The summed E-state index contributed by atoms with van der Waals surface area (Å²) in [7, 11) is -3.56. The van der Waals surface area contributed by atoms with E-state index in [2.05, 4.69) is 4.72 Å². The van der Waals surface area contributed by atoms with Gasteiger partial charge in [-0.1, -0.05) is 12.1 Å². The van der Waals surface area contributed by atoms with Gasteiger partial charge in [-0.05, 0) is 44.5 Å². The molecule has 6 heteroatoms. The Hall–Kier alpha value is -1.50. The van der Waals surface area contributed by atoms with Crippen molar-refractivity contribution in [1.29, 1.82) is 0 Å². The fourth-order valence-electron chi connectivity index (χ4n) is 1.86. The fraction of sp³-hybridized carbons (Fsp3) is 0.267. The molecule has 0 radical (unpaired) electrons. The summed E-state index contributed by atoms with van der Waals surface area (Å²) in [4.78, 5) is 13.5. The molecule has 112 valence electrons. The van der Waals surface area contributed by atoms with E-state index in [0.29, 0.717) is 5.56 Å². The minimum atomic E-state index is -3.56. The summed E-state index contributed by atoms with van der Waals surface area (Å²) in [6, 6.07) is 7.93. The van der Waals surface area contributed by atoms with E-state index < -0.39 is 10.0 Å². The number of benzene rings is 1. The van der Waals surface area contributed by atoms with Gasteiger partial charge in [-0.3, -0.25) is 4.79 Å². The Kier molecular flexibility index (Phi) is 4.61. The molecule has 0 aliphatic rings. The van der Waals surface area contributed by atoms with Crippen LogP contribution in [0.2, 0.25) is 0 Å². The predicted octanol–water partition coefficient (Wildman–Crippen LogP) is 3.05. The topological polar surface area (TPSA) is 63.2 Å². The third-order valence-corrected chi connectivity index (χ3v) is 5.79. The molecule has 0 fully saturated rings. The Morgan fingerprint density at radius 2 is 1.81 bits per heavy atom. The van der Waals surface area contributed by atoms with Gasteiger partial charge < -0.3 is 0 Å². The highest BCUT2D eigenvalue weighted by Gasteiger charge is 2.14. The number of nitrogens with one attached hydrogen (secondary N) is 1. The van der Waals surface area contributed by atoms with Gasteiger partial charge in [0.2, 0.25) is 10.0 Å². The molecule has 0 spiro atoms. The molecule has 0 aliphatic carbocycles. The van der Waals surface area contributed by atoms with Gasteiger partial charge in [-0.2, -0.15) is 0 Å². The molecular formula is C15H17NO3S2. The summed E-state index contributed by atoms with van der Waals surface area (Å²) in [5.74, 6) is -0.0866. The van der Waals surface area contributed by atoms with E-state index in [1.807, 2.05) is 19.9 Å². The van der Waals surface area contributed by atoms with Crippen molar-refractivity contribution in [3.8, 4) is 0 Å². The number of sulfonamides is 1. The van der Waals surface area contributed by atoms with E-state index in [-0.39, 0.29) is 17.2 Å². The van der Waals surface area contributed by atoms with E-state index in [9.17, 15) is 13.2 Å². The van der Waals surface area contributed by atoms with Gasteiger partial charge >= 0.3 is 0 Å². The first-order chi connectivity index (χ1) is 9.79. The van der Waals surface area contributed by atoms with Crippen LogP contribution in [0.5, 0.6) is 0 Å². The van der Waals surface area contributed by atoms with Crippen molar-refractivity contribution in [2.45, 2.75) is 32.2 Å². The van der Waals surface area contributed by atoms with E-state index in [4.69, 9.17) is 0 Å². The normalized spacial score (nSPS) is 11.6. The first kappa shape index (κ1) is 15.9. The average Bonchev–Trinajstić information content (AvgIpc) is 2.76. The first-order valence-corrected chi connectivity index (χ1v) is 8.76. The molecule has 2 rings (SSSR count). The first-order valence-electron chi connectivity index (χ1n) is 6.46. The van der Waals surface area contributed by atoms with Crippen LogP contribution in [-0.2, 0) is 16.6 Å². The Balaban J connectivity index is 2.12. The second-order valence-electron chi connectivity index (χ2n) is 4.86. The molecule has 0 saturated carbocycles. The summed E-state index contributed by atoms with van der Waals surface area (Å²) in [6.07, 6.45) is 0. The average molecular weight is 323 g/mol. The molecular weight excluding hydrogens is 306 g/mol. The lowest BCUT2D eigenvalue weighted by molar-refractivity contribution is 0.101. The van der Waals surface area contributed by atoms with Crippen LogP contribution in [0.15, 0.2) is 35.2 Å². The van der Waals surface area contributed by atoms with Crippen molar-refractivity contribution in [1.82, 2.24) is 4.72 Å². The maximum absolute atomic E-state index is 12.2. The number of Topliss-reactive ketones (excluding diaryl/α,β-unsaturated/α-hetero) is 1. The van der Waals surface area contributed by atoms with Crippen LogP contribution >= 0.6 is 11.3 Å². The van der Waals surface area contributed by atoms with E-state index in [1.54, 1.807) is 11.3 Å². The predicted molar refractivity (Wildman–Crippen MR) is 84.3 cm³/mol. The van der Waals surface area contributed by atoms with E-state index >= 15 is 0 Å². The zero-order valence-corrected chi connectivity index (χ0v) is 13.8. The quantitative estimate of drug-likeness (QED) is 0.860. The summed E-state index contributed by atoms with van der Waals surface area (Å²) >= 11 is 1.58. The summed E-state index contributed by atoms with van der Waals surface area (Å²) in [6.45, 7) is 5.74. The van der Waals surface area contributed by atoms with Gasteiger partial charge in [0.05, 0.1) is 4.90 Å². The molecule has 1 N–H and O–H groups in total. The van der Waals surface area contributed by atoms with Gasteiger partial charge in [0.1, 0.15) is 0 Å². The molecule has 1 aromatic heterocycles. The van der Waals surface area contributed by atoms with Crippen LogP contribution in [0.25, 0.3) is 0 Å². The van der Waals surface area contributed by atoms with Crippen LogP contribution in [0, 0.1) is 13.8 Å². The molecule has 0 saturated heterocycles. The third-order valence-electron chi connectivity index (χ3n) is 3.22. The van der Waals surface area contributed by atoms with Crippen LogP contribution in [0.1, 0.15) is 32.6 Å². The van der Waals surface area contributed by atoms with Gasteiger partial charge in [0.15, 0.2) is 5.78 Å². The molecule has 0 aliphatic heterocycles. The molecule has 0 atom stereocenters. The lowest BCUT2D eigenvalue weighted by atomic mass is 10.2. The highest BCUT2D eigenvalue weighted by Crippen LogP contribution is 2.21. The number of hydrogen-bond donors (Lipinski definition) is 1. The van der Waals surface area contributed by atoms with Crippen LogP contribution in [0.3, 0.4) is 0 Å². The van der Waals surface area contributed by atoms with Crippen LogP contribution in [-0.4, -0.2) is 14.2 Å². The Morgan fingerprint density at radius 3 is 2.29 bits per heavy atom. The smallest absolute Gasteiger partial charge is 0.240 e. The van der Waals surface area contributed by atoms with E-state index in [1.165, 1.54) is 41.6 Å². The summed E-state index contributed by atoms with van der Waals surface area (Å²) in [5, 5.41) is 0. The molecule has 1 heterocycles. The molecule has 1 aromatic carbocycles. The maximum atomic E-state index is 12.2. The molecule has 0 bridgehead atoms. The Morgan fingerprint density at radius 1 is 1.19 bits per heavy atom. The van der Waals surface area contributed by atoms with Crippen LogP contribution < -0.4 is 4.72 Å². The third kappa shape index (κ3) is 3.78. The zero-order valence-electron chi connectivity index (χ0n) is 12.1. The molecule has 0 amide bonds. The van der Waals surface area contributed by atoms with Crippen molar-refractivity contribution in [2.24, 2.45) is 0 Å². The van der Waals surface area contributed by atoms with Crippen LogP contribution in [0.4, 0.5) is 0 Å². The number of carbonyl (C=O) groups is 1. The number of aryl methyl sites for hydroxylation is 2. The zero-order chi connectivity index (χ0) is 15.6. The highest BCUT2D eigenvalue weighted by atomic mass is 32.2. The lowest BCUT2D eigenvalue weighted by Crippen LogP contribution is -2.22. The number of ketones is 1. The molecule has 2 aromatic rings. The van der Waals surface area contributed by atoms with Gasteiger partial charge in [0.25, 0.3) is 0 Å². The minimum Gasteiger partial charge on any atom is -0.295 e. The second-order valence-corrected chi connectivity index (χ2v) is 7.96. The van der Waals surface area contributed by atoms with Gasteiger partial charge in [-0.25, -0.2) is 13.1 Å². The highest BCUT2D eigenvalue weighted by molar-refractivity contribution is 7.89. The number of thiophene rings is 1. The second kappa shape index (κ2) is 6.09. The largest absolute Gasteiger partial charge is 0.295 e. The van der Waals surface area contributed by atoms with Crippen molar-refractivity contribution in [3.05, 3.63) is 51.2 Å². The molecule has 0 unspecified atom stereocenters. The minimum absolute atomic E-state index is 0.0866. The summed E-state index contributed by atoms with van der Waals surface area (Å²) in [5.41, 5.74) is 1.67. The van der Waals surface area contributed by atoms with Gasteiger partial charge in [0, 0.05) is 21.9 Å². The standard InChI is InChI=1S/C15H17NO3S2/c1-10-8-14(20-12(10)3)9-16-21(18,19)15-6-4-13(5-7-15)11(2)17/h4-8,16H,9H2,1-3H3. The molecule has 4 nitrogen and oxygen atoms in total. The van der Waals surface area contributed by atoms with Crippen molar-refractivity contribution < 1.29 is 13.2 Å². The maximum Gasteiger partial charge on any atom is 0.240 e. The van der Waals surface area contributed by atoms with Gasteiger partial charge in [-0.15, -0.1) is 11.3 Å². The number of carbonyl (C=O) groups excluding carboxylic acids is 1. The van der Waals surface area contributed by atoms with Crippen molar-refractivity contribution in [2.75, 3.05) is 0 Å². The number of hydrogen-bond acceptors (Lipinski definition) is 4. The lowest BCUT2D eigenvalue weighted by Gasteiger charge is -2.06. The number of rotatable bonds is 5. The SMILES string of the molecule is CC(=O)c1ccc(S(=O)(=O)NCc2cc(C)c(C)s2)cc1. The summed E-state index contributed by atoms with van der Waals surface area (Å²) < 4.78 is 27.0. The monoisotopic (exact) mass is 323 g/mol. The Bertz CT molecular complexity index is 739. The van der Waals surface area contributed by atoms with E-state index in [0.717, 1.165) is 4.88 Å². The van der Waals surface area contributed by atoms with Crippen molar-refractivity contribution >= 4 is 27.1 Å². The Labute approximate surface area is 128 Å². The van der Waals surface area contributed by atoms with Crippen molar-refractivity contribution in [3.63, 3.8) is 0 Å². The fourth-order valence-corrected chi connectivity index (χ4v) is 3.95. The molecule has 21 heavy (non-hydrogen) atoms.